The summed E-state index contributed by atoms with van der Waals surface area (Å²) in [6, 6.07) is 0. The summed E-state index contributed by atoms with van der Waals surface area (Å²) >= 11 is 0. The number of amides is 1. The molecule has 2 rings (SSSR count). The fourth-order valence-corrected chi connectivity index (χ4v) is 2.12. The smallest absolute Gasteiger partial charge is 0.267 e. The van der Waals surface area contributed by atoms with Crippen LogP contribution in [-0.2, 0) is 9.53 Å². The summed E-state index contributed by atoms with van der Waals surface area (Å²) in [6.45, 7) is 2.18. The van der Waals surface area contributed by atoms with E-state index in [2.05, 4.69) is 0 Å². The average molecular weight is 219 g/mol. The van der Waals surface area contributed by atoms with E-state index in [1.807, 2.05) is 6.92 Å². The standard InChI is InChI=1S/C10H15F2NO2/c1-7-2-5-15-8(7)9(14)13-4-3-10(11,12)6-13/h7-8H,2-6H2,1H3/t7-,8+/m1/s1. The fourth-order valence-electron chi connectivity index (χ4n) is 2.12. The molecule has 0 aromatic heterocycles. The van der Waals surface area contributed by atoms with Gasteiger partial charge < -0.3 is 9.64 Å². The molecule has 1 amide bonds. The van der Waals surface area contributed by atoms with E-state index >= 15 is 0 Å². The molecular weight excluding hydrogens is 204 g/mol. The van der Waals surface area contributed by atoms with Crippen LogP contribution in [0.4, 0.5) is 8.78 Å². The Morgan fingerprint density at radius 2 is 2.27 bits per heavy atom. The van der Waals surface area contributed by atoms with Gasteiger partial charge in [0.1, 0.15) is 6.10 Å². The van der Waals surface area contributed by atoms with E-state index in [4.69, 9.17) is 4.74 Å². The monoisotopic (exact) mass is 219 g/mol. The Labute approximate surface area is 87.4 Å². The van der Waals surface area contributed by atoms with Crippen LogP contribution in [0.1, 0.15) is 19.8 Å². The molecule has 2 saturated heterocycles. The summed E-state index contributed by atoms with van der Waals surface area (Å²) in [4.78, 5) is 13.0. The number of hydrogen-bond acceptors (Lipinski definition) is 2. The van der Waals surface area contributed by atoms with Crippen molar-refractivity contribution in [2.45, 2.75) is 31.8 Å². The summed E-state index contributed by atoms with van der Waals surface area (Å²) < 4.78 is 31.1. The van der Waals surface area contributed by atoms with Gasteiger partial charge in [0.15, 0.2) is 0 Å². The predicted octanol–water partition coefficient (Wildman–Crippen LogP) is 1.28. The summed E-state index contributed by atoms with van der Waals surface area (Å²) in [5, 5.41) is 0. The molecule has 5 heteroatoms. The van der Waals surface area contributed by atoms with Gasteiger partial charge in [0.05, 0.1) is 6.54 Å². The number of alkyl halides is 2. The number of hydrogen-bond donors (Lipinski definition) is 0. The van der Waals surface area contributed by atoms with Gasteiger partial charge in [-0.1, -0.05) is 6.92 Å². The van der Waals surface area contributed by atoms with Crippen molar-refractivity contribution in [1.82, 2.24) is 4.90 Å². The summed E-state index contributed by atoms with van der Waals surface area (Å²) in [7, 11) is 0. The lowest BCUT2D eigenvalue weighted by atomic mass is 10.0. The van der Waals surface area contributed by atoms with Gasteiger partial charge in [-0.2, -0.15) is 0 Å². The summed E-state index contributed by atoms with van der Waals surface area (Å²) in [6.07, 6.45) is 0.111. The third-order valence-electron chi connectivity index (χ3n) is 3.11. The molecule has 0 bridgehead atoms. The Hall–Kier alpha value is -0.710. The molecule has 0 aromatic carbocycles. The molecule has 2 heterocycles. The van der Waals surface area contributed by atoms with Crippen LogP contribution in [0, 0.1) is 5.92 Å². The molecule has 0 unspecified atom stereocenters. The molecule has 15 heavy (non-hydrogen) atoms. The molecule has 3 nitrogen and oxygen atoms in total. The van der Waals surface area contributed by atoms with Crippen LogP contribution in [0.2, 0.25) is 0 Å². The molecule has 0 N–H and O–H groups in total. The van der Waals surface area contributed by atoms with E-state index in [1.165, 1.54) is 4.90 Å². The van der Waals surface area contributed by atoms with Crippen LogP contribution in [0.3, 0.4) is 0 Å². The van der Waals surface area contributed by atoms with Crippen LogP contribution in [0.5, 0.6) is 0 Å². The molecule has 2 fully saturated rings. The molecule has 86 valence electrons. The first kappa shape index (κ1) is 10.8. The van der Waals surface area contributed by atoms with Gasteiger partial charge in [0, 0.05) is 19.6 Å². The number of carbonyl (C=O) groups is 1. The maximum absolute atomic E-state index is 12.9. The number of likely N-dealkylation sites (tertiary alicyclic amines) is 1. The Balaban J connectivity index is 1.97. The van der Waals surface area contributed by atoms with Crippen molar-refractivity contribution >= 4 is 5.91 Å². The first-order valence-electron chi connectivity index (χ1n) is 5.28. The van der Waals surface area contributed by atoms with Gasteiger partial charge in [-0.25, -0.2) is 8.78 Å². The van der Waals surface area contributed by atoms with Gasteiger partial charge in [-0.05, 0) is 12.3 Å². The van der Waals surface area contributed by atoms with Crippen LogP contribution < -0.4 is 0 Å². The first-order chi connectivity index (χ1) is 6.99. The first-order valence-corrected chi connectivity index (χ1v) is 5.28. The van der Waals surface area contributed by atoms with E-state index < -0.39 is 18.6 Å². The molecule has 0 saturated carbocycles. The highest BCUT2D eigenvalue weighted by molar-refractivity contribution is 5.81. The van der Waals surface area contributed by atoms with Crippen LogP contribution >= 0.6 is 0 Å². The SMILES string of the molecule is C[C@@H]1CCO[C@@H]1C(=O)N1CCC(F)(F)C1. The van der Waals surface area contributed by atoms with E-state index in [9.17, 15) is 13.6 Å². The number of carbonyl (C=O) groups excluding carboxylic acids is 1. The third-order valence-corrected chi connectivity index (χ3v) is 3.11. The molecule has 2 aliphatic rings. The topological polar surface area (TPSA) is 29.5 Å². The second-order valence-corrected chi connectivity index (χ2v) is 4.42. The highest BCUT2D eigenvalue weighted by Gasteiger charge is 2.43. The molecule has 0 aliphatic carbocycles. The lowest BCUT2D eigenvalue weighted by Gasteiger charge is -2.22. The molecule has 0 spiro atoms. The molecule has 2 atom stereocenters. The minimum Gasteiger partial charge on any atom is -0.368 e. The Morgan fingerprint density at radius 1 is 1.53 bits per heavy atom. The largest absolute Gasteiger partial charge is 0.368 e. The fraction of sp³-hybridized carbons (Fsp3) is 0.900. The van der Waals surface area contributed by atoms with Crippen molar-refractivity contribution in [1.29, 1.82) is 0 Å². The molecule has 0 aromatic rings. The zero-order chi connectivity index (χ0) is 11.1. The second kappa shape index (κ2) is 3.70. The van der Waals surface area contributed by atoms with Crippen molar-refractivity contribution < 1.29 is 18.3 Å². The molecule has 2 aliphatic heterocycles. The lowest BCUT2D eigenvalue weighted by Crippen LogP contribution is -2.40. The average Bonchev–Trinajstić information content (AvgIpc) is 2.71. The maximum atomic E-state index is 12.9. The van der Waals surface area contributed by atoms with Crippen molar-refractivity contribution in [3.8, 4) is 0 Å². The summed E-state index contributed by atoms with van der Waals surface area (Å²) in [5.74, 6) is -2.83. The number of rotatable bonds is 1. The highest BCUT2D eigenvalue weighted by atomic mass is 19.3. The van der Waals surface area contributed by atoms with Crippen molar-refractivity contribution in [2.24, 2.45) is 5.92 Å². The Morgan fingerprint density at radius 3 is 2.73 bits per heavy atom. The third kappa shape index (κ3) is 2.12. The number of halogens is 2. The Kier molecular flexibility index (Phi) is 2.66. The van der Waals surface area contributed by atoms with Crippen LogP contribution in [-0.4, -0.2) is 42.5 Å². The predicted molar refractivity (Wildman–Crippen MR) is 49.7 cm³/mol. The molecular formula is C10H15F2NO2. The van der Waals surface area contributed by atoms with Gasteiger partial charge >= 0.3 is 0 Å². The quantitative estimate of drug-likeness (QED) is 0.665. The Bertz CT molecular complexity index is 270. The van der Waals surface area contributed by atoms with Gasteiger partial charge in [0.25, 0.3) is 11.8 Å². The van der Waals surface area contributed by atoms with Crippen LogP contribution in [0.15, 0.2) is 0 Å². The minimum atomic E-state index is -2.71. The van der Waals surface area contributed by atoms with E-state index in [-0.39, 0.29) is 24.8 Å². The van der Waals surface area contributed by atoms with Gasteiger partial charge in [0.2, 0.25) is 0 Å². The normalized spacial score (nSPS) is 34.7. The second-order valence-electron chi connectivity index (χ2n) is 4.42. The van der Waals surface area contributed by atoms with Crippen molar-refractivity contribution in [3.63, 3.8) is 0 Å². The highest BCUT2D eigenvalue weighted by Crippen LogP contribution is 2.29. The van der Waals surface area contributed by atoms with E-state index in [0.29, 0.717) is 6.61 Å². The zero-order valence-electron chi connectivity index (χ0n) is 8.71. The van der Waals surface area contributed by atoms with E-state index in [1.54, 1.807) is 0 Å². The van der Waals surface area contributed by atoms with Gasteiger partial charge in [-0.15, -0.1) is 0 Å². The minimum absolute atomic E-state index is 0.145. The van der Waals surface area contributed by atoms with Crippen molar-refractivity contribution in [3.05, 3.63) is 0 Å². The maximum Gasteiger partial charge on any atom is 0.267 e. The van der Waals surface area contributed by atoms with Crippen molar-refractivity contribution in [2.75, 3.05) is 19.7 Å². The van der Waals surface area contributed by atoms with Crippen LogP contribution in [0.25, 0.3) is 0 Å². The molecule has 0 radical (unpaired) electrons. The van der Waals surface area contributed by atoms with Gasteiger partial charge in [-0.3, -0.25) is 4.79 Å². The number of nitrogens with zero attached hydrogens (tertiary/aromatic N) is 1. The van der Waals surface area contributed by atoms with E-state index in [0.717, 1.165) is 6.42 Å². The zero-order valence-corrected chi connectivity index (χ0v) is 8.71. The lowest BCUT2D eigenvalue weighted by molar-refractivity contribution is -0.142. The summed E-state index contributed by atoms with van der Waals surface area (Å²) in [5.41, 5.74) is 0. The number of ether oxygens (including phenoxy) is 1.